The zero-order valence-electron chi connectivity index (χ0n) is 18.8. The summed E-state index contributed by atoms with van der Waals surface area (Å²) < 4.78 is 5.54. The predicted molar refractivity (Wildman–Crippen MR) is 119 cm³/mol. The number of hydrogen-bond donors (Lipinski definition) is 3. The molecule has 1 atom stereocenters. The molecule has 0 aromatic carbocycles. The summed E-state index contributed by atoms with van der Waals surface area (Å²) in [4.78, 5) is 30.7. The van der Waals surface area contributed by atoms with Crippen molar-refractivity contribution in [3.63, 3.8) is 0 Å². The Morgan fingerprint density at radius 3 is 2.88 bits per heavy atom. The maximum atomic E-state index is 12.2. The van der Waals surface area contributed by atoms with Gasteiger partial charge in [-0.15, -0.1) is 0 Å². The molecule has 170 valence electrons. The highest BCUT2D eigenvalue weighted by Crippen LogP contribution is 2.41. The molecule has 32 heavy (non-hydrogen) atoms. The number of carbonyl (C=O) groups is 2. The van der Waals surface area contributed by atoms with Crippen LogP contribution in [0.15, 0.2) is 18.2 Å². The second-order valence-corrected chi connectivity index (χ2v) is 9.80. The van der Waals surface area contributed by atoms with Gasteiger partial charge in [0.05, 0.1) is 23.4 Å². The second-order valence-electron chi connectivity index (χ2n) is 9.80. The summed E-state index contributed by atoms with van der Waals surface area (Å²) in [6.07, 6.45) is 3.90. The van der Waals surface area contributed by atoms with Crippen molar-refractivity contribution in [2.24, 2.45) is 5.92 Å². The molecule has 0 spiro atoms. The van der Waals surface area contributed by atoms with Gasteiger partial charge in [0.15, 0.2) is 5.82 Å². The molecular weight excluding hydrogens is 408 g/mol. The standard InChI is InChI=1S/C23H30N6O3/c1-13-5-4-8-29(13)22(31)32-12-14-9-15(10-14)17-11-19(28-27-17)24-18-7-6-16-20(25-18)23(2,3)26-21(16)30/h6-7,11,13-15H,4-5,8-10,12H2,1-3H3,(H,26,30)(H2,24,25,27,28). The summed E-state index contributed by atoms with van der Waals surface area (Å²) >= 11 is 0. The lowest BCUT2D eigenvalue weighted by Gasteiger charge is -2.34. The molecule has 5 rings (SSSR count). The molecule has 2 fully saturated rings. The first-order chi connectivity index (χ1) is 15.3. The molecule has 3 aliphatic rings. The van der Waals surface area contributed by atoms with E-state index in [1.165, 1.54) is 0 Å². The van der Waals surface area contributed by atoms with Gasteiger partial charge >= 0.3 is 6.09 Å². The molecular formula is C23H30N6O3. The number of anilines is 2. The maximum Gasteiger partial charge on any atom is 0.410 e. The molecule has 1 saturated heterocycles. The predicted octanol–water partition coefficient (Wildman–Crippen LogP) is 3.64. The Morgan fingerprint density at radius 1 is 1.31 bits per heavy atom. The number of carbonyl (C=O) groups excluding carboxylic acids is 2. The van der Waals surface area contributed by atoms with Gasteiger partial charge in [-0.25, -0.2) is 9.78 Å². The summed E-state index contributed by atoms with van der Waals surface area (Å²) in [6.45, 7) is 7.25. The van der Waals surface area contributed by atoms with Crippen molar-refractivity contribution >= 4 is 23.6 Å². The topological polar surface area (TPSA) is 112 Å². The average Bonchev–Trinajstić information content (AvgIpc) is 3.40. The first-order valence-corrected chi connectivity index (χ1v) is 11.4. The normalized spacial score (nSPS) is 25.8. The number of hydrogen-bond acceptors (Lipinski definition) is 6. The van der Waals surface area contributed by atoms with E-state index < -0.39 is 5.54 Å². The number of ether oxygens (including phenoxy) is 1. The van der Waals surface area contributed by atoms with E-state index in [1.54, 1.807) is 12.1 Å². The largest absolute Gasteiger partial charge is 0.449 e. The molecule has 0 bridgehead atoms. The first-order valence-electron chi connectivity index (χ1n) is 11.4. The molecule has 1 aliphatic carbocycles. The fourth-order valence-electron chi connectivity index (χ4n) is 4.94. The molecule has 9 nitrogen and oxygen atoms in total. The van der Waals surface area contributed by atoms with Crippen LogP contribution in [0.25, 0.3) is 0 Å². The molecule has 2 aromatic heterocycles. The summed E-state index contributed by atoms with van der Waals surface area (Å²) in [7, 11) is 0. The number of fused-ring (bicyclic) bond motifs is 1. The third-order valence-corrected chi connectivity index (χ3v) is 6.92. The molecule has 2 aromatic rings. The van der Waals surface area contributed by atoms with Crippen molar-refractivity contribution in [2.45, 2.75) is 64.0 Å². The van der Waals surface area contributed by atoms with Crippen LogP contribution in [0.2, 0.25) is 0 Å². The highest BCUT2D eigenvalue weighted by Gasteiger charge is 2.37. The second kappa shape index (κ2) is 7.79. The monoisotopic (exact) mass is 438 g/mol. The SMILES string of the molecule is CC1CCCN1C(=O)OCC1CC(c2cc(Nc3ccc4c(n3)C(C)(C)NC4=O)n[nH]2)C1. The Hall–Kier alpha value is -3.10. The van der Waals surface area contributed by atoms with Gasteiger partial charge in [0.2, 0.25) is 0 Å². The van der Waals surface area contributed by atoms with E-state index in [9.17, 15) is 9.59 Å². The van der Waals surface area contributed by atoms with Crippen LogP contribution in [0.5, 0.6) is 0 Å². The average molecular weight is 439 g/mol. The van der Waals surface area contributed by atoms with E-state index in [0.29, 0.717) is 35.6 Å². The van der Waals surface area contributed by atoms with Gasteiger partial charge in [-0.05, 0) is 64.5 Å². The highest BCUT2D eigenvalue weighted by molar-refractivity contribution is 5.99. The van der Waals surface area contributed by atoms with Crippen LogP contribution < -0.4 is 10.6 Å². The number of pyridine rings is 1. The molecule has 1 saturated carbocycles. The van der Waals surface area contributed by atoms with E-state index in [4.69, 9.17) is 4.74 Å². The Morgan fingerprint density at radius 2 is 2.12 bits per heavy atom. The molecule has 4 heterocycles. The lowest BCUT2D eigenvalue weighted by molar-refractivity contribution is 0.0640. The van der Waals surface area contributed by atoms with Crippen molar-refractivity contribution in [3.8, 4) is 0 Å². The third kappa shape index (κ3) is 3.80. The summed E-state index contributed by atoms with van der Waals surface area (Å²) in [5.74, 6) is 2.04. The van der Waals surface area contributed by atoms with E-state index in [2.05, 4.69) is 32.7 Å². The highest BCUT2D eigenvalue weighted by atomic mass is 16.6. The van der Waals surface area contributed by atoms with Crippen molar-refractivity contribution in [2.75, 3.05) is 18.5 Å². The van der Waals surface area contributed by atoms with Crippen molar-refractivity contribution in [1.82, 2.24) is 25.4 Å². The van der Waals surface area contributed by atoms with Crippen LogP contribution in [0.3, 0.4) is 0 Å². The van der Waals surface area contributed by atoms with Crippen LogP contribution in [-0.2, 0) is 10.3 Å². The molecule has 1 unspecified atom stereocenters. The fraction of sp³-hybridized carbons (Fsp3) is 0.565. The van der Waals surface area contributed by atoms with Gasteiger partial charge in [0.25, 0.3) is 5.91 Å². The van der Waals surface area contributed by atoms with E-state index in [-0.39, 0.29) is 18.0 Å². The zero-order chi connectivity index (χ0) is 22.5. The number of rotatable bonds is 5. The summed E-state index contributed by atoms with van der Waals surface area (Å²) in [6, 6.07) is 5.88. The third-order valence-electron chi connectivity index (χ3n) is 6.92. The van der Waals surface area contributed by atoms with E-state index in [0.717, 1.165) is 43.6 Å². The quantitative estimate of drug-likeness (QED) is 0.657. The van der Waals surface area contributed by atoms with E-state index >= 15 is 0 Å². The number of likely N-dealkylation sites (tertiary alicyclic amines) is 1. The molecule has 2 aliphatic heterocycles. The first kappa shape index (κ1) is 20.8. The molecule has 3 N–H and O–H groups in total. The van der Waals surface area contributed by atoms with Crippen LogP contribution >= 0.6 is 0 Å². The molecule has 2 amide bonds. The van der Waals surface area contributed by atoms with Crippen LogP contribution in [0.4, 0.5) is 16.4 Å². The van der Waals surface area contributed by atoms with E-state index in [1.807, 2.05) is 24.8 Å². The smallest absolute Gasteiger partial charge is 0.410 e. The Kier molecular flexibility index (Phi) is 5.06. The summed E-state index contributed by atoms with van der Waals surface area (Å²) in [5.41, 5.74) is 1.94. The number of nitrogens with zero attached hydrogens (tertiary/aromatic N) is 3. The van der Waals surface area contributed by atoms with Crippen molar-refractivity contribution in [1.29, 1.82) is 0 Å². The lowest BCUT2D eigenvalue weighted by Crippen LogP contribution is -2.36. The van der Waals surface area contributed by atoms with Crippen LogP contribution in [0, 0.1) is 5.92 Å². The Labute approximate surface area is 187 Å². The Balaban J connectivity index is 1.13. The minimum Gasteiger partial charge on any atom is -0.449 e. The minimum absolute atomic E-state index is 0.0914. The van der Waals surface area contributed by atoms with Gasteiger partial charge in [0, 0.05) is 30.3 Å². The fourth-order valence-corrected chi connectivity index (χ4v) is 4.94. The minimum atomic E-state index is -0.488. The van der Waals surface area contributed by atoms with Gasteiger partial charge in [-0.3, -0.25) is 9.89 Å². The Bertz CT molecular complexity index is 1040. The number of aromatic amines is 1. The lowest BCUT2D eigenvalue weighted by atomic mass is 9.74. The zero-order valence-corrected chi connectivity index (χ0v) is 18.8. The van der Waals surface area contributed by atoms with Gasteiger partial charge < -0.3 is 20.3 Å². The molecule has 0 radical (unpaired) electrons. The van der Waals surface area contributed by atoms with Gasteiger partial charge in [-0.1, -0.05) is 0 Å². The van der Waals surface area contributed by atoms with Gasteiger partial charge in [-0.2, -0.15) is 5.10 Å². The molecule has 9 heteroatoms. The number of aromatic nitrogens is 3. The van der Waals surface area contributed by atoms with Gasteiger partial charge in [0.1, 0.15) is 5.82 Å². The number of H-pyrrole nitrogens is 1. The van der Waals surface area contributed by atoms with Crippen molar-refractivity contribution < 1.29 is 14.3 Å². The maximum absolute atomic E-state index is 12.2. The number of nitrogens with one attached hydrogen (secondary N) is 3. The van der Waals surface area contributed by atoms with Crippen LogP contribution in [-0.4, -0.2) is 51.3 Å². The van der Waals surface area contributed by atoms with Crippen LogP contribution in [0.1, 0.15) is 74.1 Å². The number of amides is 2. The summed E-state index contributed by atoms with van der Waals surface area (Å²) in [5, 5.41) is 13.7. The van der Waals surface area contributed by atoms with Crippen molar-refractivity contribution in [3.05, 3.63) is 35.2 Å².